The van der Waals surface area contributed by atoms with Crippen LogP contribution >= 0.6 is 11.6 Å². The second kappa shape index (κ2) is 5.67. The number of halogens is 1. The Morgan fingerprint density at radius 1 is 0.960 bits per heavy atom. The van der Waals surface area contributed by atoms with Gasteiger partial charge in [-0.3, -0.25) is 19.3 Å². The molecule has 0 saturated heterocycles. The second-order valence-electron chi connectivity index (χ2n) is 6.30. The van der Waals surface area contributed by atoms with Gasteiger partial charge < -0.3 is 0 Å². The number of amides is 2. The lowest BCUT2D eigenvalue weighted by Gasteiger charge is -2.22. The lowest BCUT2D eigenvalue weighted by atomic mass is 10.1. The van der Waals surface area contributed by atoms with Crippen LogP contribution < -0.4 is 0 Å². The molecule has 4 nitrogen and oxygen atoms in total. The molecule has 1 saturated carbocycles. The van der Waals surface area contributed by atoms with Gasteiger partial charge >= 0.3 is 0 Å². The summed E-state index contributed by atoms with van der Waals surface area (Å²) in [7, 11) is 0. The van der Waals surface area contributed by atoms with E-state index >= 15 is 0 Å². The number of hydrogen-bond donors (Lipinski definition) is 0. The highest BCUT2D eigenvalue weighted by atomic mass is 35.5. The van der Waals surface area contributed by atoms with E-state index in [9.17, 15) is 14.4 Å². The van der Waals surface area contributed by atoms with Crippen LogP contribution in [0.5, 0.6) is 0 Å². The van der Waals surface area contributed by atoms with Crippen molar-refractivity contribution in [2.45, 2.75) is 18.4 Å². The van der Waals surface area contributed by atoms with Crippen LogP contribution in [0.1, 0.15) is 43.9 Å². The van der Waals surface area contributed by atoms with Crippen molar-refractivity contribution < 1.29 is 14.4 Å². The highest BCUT2D eigenvalue weighted by Gasteiger charge is 2.54. The van der Waals surface area contributed by atoms with Crippen molar-refractivity contribution in [3.8, 4) is 0 Å². The molecule has 0 unspecified atom stereocenters. The van der Waals surface area contributed by atoms with Crippen LogP contribution in [0.4, 0.5) is 0 Å². The molecule has 2 aliphatic rings. The van der Waals surface area contributed by atoms with Gasteiger partial charge in [0.05, 0.1) is 16.7 Å². The number of benzene rings is 2. The first-order chi connectivity index (χ1) is 12.0. The smallest absolute Gasteiger partial charge is 0.262 e. The molecule has 1 aliphatic heterocycles. The third-order valence-electron chi connectivity index (χ3n) is 4.68. The number of imide groups is 1. The zero-order chi connectivity index (χ0) is 17.6. The highest BCUT2D eigenvalue weighted by molar-refractivity contribution is 6.30. The Balaban J connectivity index is 1.59. The van der Waals surface area contributed by atoms with Crippen LogP contribution in [-0.4, -0.2) is 28.0 Å². The maximum absolute atomic E-state index is 12.6. The van der Waals surface area contributed by atoms with Gasteiger partial charge in [0, 0.05) is 10.6 Å². The lowest BCUT2D eigenvalue weighted by Crippen LogP contribution is -2.40. The summed E-state index contributed by atoms with van der Waals surface area (Å²) in [5, 5.41) is 0.560. The minimum absolute atomic E-state index is 0.181. The number of carbonyl (C=O) groups is 3. The fourth-order valence-electron chi connectivity index (χ4n) is 3.13. The molecule has 124 valence electrons. The largest absolute Gasteiger partial charge is 0.289 e. The van der Waals surface area contributed by atoms with Crippen LogP contribution in [0.15, 0.2) is 60.7 Å². The number of rotatable bonds is 4. The van der Waals surface area contributed by atoms with E-state index in [2.05, 4.69) is 0 Å². The van der Waals surface area contributed by atoms with Crippen molar-refractivity contribution >= 4 is 29.2 Å². The molecule has 1 aliphatic carbocycles. The fraction of sp³-hybridized carbons (Fsp3) is 0.150. The maximum Gasteiger partial charge on any atom is 0.262 e. The molecule has 0 bridgehead atoms. The summed E-state index contributed by atoms with van der Waals surface area (Å²) in [4.78, 5) is 38.8. The Morgan fingerprint density at radius 3 is 2.04 bits per heavy atom. The van der Waals surface area contributed by atoms with Crippen molar-refractivity contribution in [1.82, 2.24) is 4.90 Å². The Morgan fingerprint density at radius 2 is 1.52 bits per heavy atom. The summed E-state index contributed by atoms with van der Waals surface area (Å²) in [6, 6.07) is 13.4. The Kier molecular flexibility index (Phi) is 3.58. The number of fused-ring (bicyclic) bond motifs is 1. The van der Waals surface area contributed by atoms with E-state index in [1.165, 1.54) is 11.0 Å². The molecule has 0 spiro atoms. The zero-order valence-corrected chi connectivity index (χ0v) is 14.0. The zero-order valence-electron chi connectivity index (χ0n) is 13.2. The van der Waals surface area contributed by atoms with E-state index in [4.69, 9.17) is 11.6 Å². The third-order valence-corrected chi connectivity index (χ3v) is 4.93. The van der Waals surface area contributed by atoms with E-state index in [0.717, 1.165) is 0 Å². The number of carbonyl (C=O) groups excluding carboxylic acids is 3. The summed E-state index contributed by atoms with van der Waals surface area (Å²) in [6.07, 6.45) is 4.47. The number of ketones is 1. The minimum atomic E-state index is -0.685. The molecule has 0 radical (unpaired) electrons. The van der Waals surface area contributed by atoms with E-state index in [0.29, 0.717) is 34.6 Å². The van der Waals surface area contributed by atoms with E-state index in [-0.39, 0.29) is 17.6 Å². The molecule has 25 heavy (non-hydrogen) atoms. The summed E-state index contributed by atoms with van der Waals surface area (Å²) < 4.78 is 0. The summed E-state index contributed by atoms with van der Waals surface area (Å²) >= 11 is 5.83. The Labute approximate surface area is 149 Å². The van der Waals surface area contributed by atoms with Gasteiger partial charge in [-0.25, -0.2) is 0 Å². The molecule has 0 atom stereocenters. The van der Waals surface area contributed by atoms with Crippen LogP contribution in [0.2, 0.25) is 5.02 Å². The predicted molar refractivity (Wildman–Crippen MR) is 93.8 cm³/mol. The van der Waals surface area contributed by atoms with Crippen LogP contribution in [0, 0.1) is 0 Å². The molecule has 4 rings (SSSR count). The highest BCUT2D eigenvalue weighted by Crippen LogP contribution is 2.46. The average Bonchev–Trinajstić information content (AvgIpc) is 3.36. The first-order valence-corrected chi connectivity index (χ1v) is 8.37. The number of allylic oxidation sites excluding steroid dienone is 1. The summed E-state index contributed by atoms with van der Waals surface area (Å²) in [5.74, 6) is -0.761. The fourth-order valence-corrected chi connectivity index (χ4v) is 3.25. The molecule has 1 heterocycles. The molecular weight excluding hydrogens is 338 g/mol. The third kappa shape index (κ3) is 2.59. The van der Waals surface area contributed by atoms with Gasteiger partial charge in [-0.2, -0.15) is 0 Å². The first kappa shape index (κ1) is 15.8. The number of hydrogen-bond acceptors (Lipinski definition) is 3. The SMILES string of the molecule is O=C(/C=C/C1(N2C(=O)c3ccccc3C2=O)CC1)c1ccc(Cl)cc1. The van der Waals surface area contributed by atoms with Gasteiger partial charge in [0.1, 0.15) is 0 Å². The van der Waals surface area contributed by atoms with Gasteiger partial charge in [-0.1, -0.05) is 29.8 Å². The first-order valence-electron chi connectivity index (χ1n) is 7.99. The molecule has 0 N–H and O–H groups in total. The van der Waals surface area contributed by atoms with Crippen molar-refractivity contribution in [2.75, 3.05) is 0 Å². The molecular formula is C20H14ClNO3. The second-order valence-corrected chi connectivity index (χ2v) is 6.74. The van der Waals surface area contributed by atoms with E-state index in [1.54, 1.807) is 54.6 Å². The average molecular weight is 352 g/mol. The van der Waals surface area contributed by atoms with Crippen molar-refractivity contribution in [3.05, 3.63) is 82.4 Å². The van der Waals surface area contributed by atoms with E-state index in [1.807, 2.05) is 0 Å². The normalized spacial score (nSPS) is 17.9. The number of nitrogens with zero attached hydrogens (tertiary/aromatic N) is 1. The predicted octanol–water partition coefficient (Wildman–Crippen LogP) is 3.91. The van der Waals surface area contributed by atoms with Crippen LogP contribution in [0.3, 0.4) is 0 Å². The van der Waals surface area contributed by atoms with Gasteiger partial charge in [0.2, 0.25) is 0 Å². The Bertz CT molecular complexity index is 891. The van der Waals surface area contributed by atoms with Gasteiger partial charge in [0.25, 0.3) is 11.8 Å². The molecule has 2 aromatic rings. The minimum Gasteiger partial charge on any atom is -0.289 e. The monoisotopic (exact) mass is 351 g/mol. The molecule has 5 heteroatoms. The van der Waals surface area contributed by atoms with Crippen LogP contribution in [0.25, 0.3) is 0 Å². The molecule has 2 amide bonds. The maximum atomic E-state index is 12.6. The molecule has 1 fully saturated rings. The quantitative estimate of drug-likeness (QED) is 0.477. The van der Waals surface area contributed by atoms with Crippen molar-refractivity contribution in [2.24, 2.45) is 0 Å². The van der Waals surface area contributed by atoms with Gasteiger partial charge in [-0.15, -0.1) is 0 Å². The topological polar surface area (TPSA) is 54.5 Å². The lowest BCUT2D eigenvalue weighted by molar-refractivity contribution is 0.0596. The molecule has 0 aromatic heterocycles. The van der Waals surface area contributed by atoms with Crippen molar-refractivity contribution in [1.29, 1.82) is 0 Å². The van der Waals surface area contributed by atoms with Crippen molar-refractivity contribution in [3.63, 3.8) is 0 Å². The molecule has 2 aromatic carbocycles. The summed E-state index contributed by atoms with van der Waals surface area (Å²) in [5.41, 5.74) is 0.682. The van der Waals surface area contributed by atoms with Crippen LogP contribution in [-0.2, 0) is 0 Å². The van der Waals surface area contributed by atoms with Gasteiger partial charge in [-0.05, 0) is 55.3 Å². The Hall–Kier alpha value is -2.72. The van der Waals surface area contributed by atoms with E-state index < -0.39 is 5.54 Å². The summed E-state index contributed by atoms with van der Waals surface area (Å²) in [6.45, 7) is 0. The standard InChI is InChI=1S/C20H14ClNO3/c21-14-7-5-13(6-8-14)17(23)9-10-20(11-12-20)22-18(24)15-3-1-2-4-16(15)19(22)25/h1-10H,11-12H2/b10-9+. The van der Waals surface area contributed by atoms with Gasteiger partial charge in [0.15, 0.2) is 5.78 Å².